The number of aryl methyl sites for hydroxylation is 1. The van der Waals surface area contributed by atoms with Crippen LogP contribution in [-0.2, 0) is 19.5 Å². The van der Waals surface area contributed by atoms with E-state index < -0.39 is 0 Å². The number of nitrogens with one attached hydrogen (secondary N) is 2. The summed E-state index contributed by atoms with van der Waals surface area (Å²) >= 11 is 0. The molecule has 2 aromatic rings. The molecule has 8 heteroatoms. The SMILES string of the molecule is CCNC(=NCCn1cnnc1CC)NCCn1ccnc1. The van der Waals surface area contributed by atoms with E-state index in [2.05, 4.69) is 44.7 Å². The Hall–Kier alpha value is -2.38. The maximum Gasteiger partial charge on any atom is 0.191 e. The molecule has 0 unspecified atom stereocenters. The van der Waals surface area contributed by atoms with Gasteiger partial charge < -0.3 is 19.8 Å². The number of aromatic nitrogens is 5. The zero-order valence-corrected chi connectivity index (χ0v) is 13.2. The lowest BCUT2D eigenvalue weighted by molar-refractivity contribution is 0.646. The van der Waals surface area contributed by atoms with Crippen molar-refractivity contribution in [3.63, 3.8) is 0 Å². The first-order valence-electron chi connectivity index (χ1n) is 7.68. The van der Waals surface area contributed by atoms with Gasteiger partial charge in [0.2, 0.25) is 0 Å². The molecule has 2 heterocycles. The zero-order valence-electron chi connectivity index (χ0n) is 13.2. The van der Waals surface area contributed by atoms with Gasteiger partial charge in [-0.15, -0.1) is 10.2 Å². The number of hydrogen-bond donors (Lipinski definition) is 2. The van der Waals surface area contributed by atoms with Crippen LogP contribution >= 0.6 is 0 Å². The highest BCUT2D eigenvalue weighted by molar-refractivity contribution is 5.79. The molecule has 0 aliphatic carbocycles. The van der Waals surface area contributed by atoms with Crippen LogP contribution in [0, 0.1) is 0 Å². The third-order valence-corrected chi connectivity index (χ3v) is 3.19. The van der Waals surface area contributed by atoms with E-state index in [0.29, 0.717) is 6.54 Å². The number of guanidine groups is 1. The van der Waals surface area contributed by atoms with Crippen LogP contribution in [0.3, 0.4) is 0 Å². The summed E-state index contributed by atoms with van der Waals surface area (Å²) in [5, 5.41) is 14.6. The average molecular weight is 304 g/mol. The summed E-state index contributed by atoms with van der Waals surface area (Å²) in [5.74, 6) is 1.82. The molecule has 22 heavy (non-hydrogen) atoms. The van der Waals surface area contributed by atoms with Gasteiger partial charge in [-0.2, -0.15) is 0 Å². The van der Waals surface area contributed by atoms with Gasteiger partial charge >= 0.3 is 0 Å². The number of nitrogens with zero attached hydrogens (tertiary/aromatic N) is 6. The normalized spacial score (nSPS) is 11.6. The van der Waals surface area contributed by atoms with E-state index >= 15 is 0 Å². The minimum atomic E-state index is 0.686. The molecule has 0 saturated heterocycles. The summed E-state index contributed by atoms with van der Waals surface area (Å²) in [6.45, 7) is 8.10. The van der Waals surface area contributed by atoms with Crippen LogP contribution in [0.15, 0.2) is 30.0 Å². The highest BCUT2D eigenvalue weighted by atomic mass is 15.3. The predicted molar refractivity (Wildman–Crippen MR) is 85.6 cm³/mol. The fourth-order valence-corrected chi connectivity index (χ4v) is 2.07. The Morgan fingerprint density at radius 2 is 2.14 bits per heavy atom. The Bertz CT molecular complexity index is 557. The first kappa shape index (κ1) is 16.0. The molecular formula is C14H24N8. The van der Waals surface area contributed by atoms with Crippen LogP contribution in [0.1, 0.15) is 19.7 Å². The van der Waals surface area contributed by atoms with E-state index in [1.807, 2.05) is 21.7 Å². The van der Waals surface area contributed by atoms with Crippen molar-refractivity contribution in [2.24, 2.45) is 4.99 Å². The van der Waals surface area contributed by atoms with Crippen molar-refractivity contribution in [3.8, 4) is 0 Å². The first-order valence-corrected chi connectivity index (χ1v) is 7.68. The summed E-state index contributed by atoms with van der Waals surface area (Å²) in [4.78, 5) is 8.60. The quantitative estimate of drug-likeness (QED) is 0.541. The fourth-order valence-electron chi connectivity index (χ4n) is 2.07. The molecule has 0 spiro atoms. The van der Waals surface area contributed by atoms with E-state index in [0.717, 1.165) is 44.4 Å². The van der Waals surface area contributed by atoms with E-state index in [-0.39, 0.29) is 0 Å². The van der Waals surface area contributed by atoms with Crippen molar-refractivity contribution in [1.82, 2.24) is 34.9 Å². The van der Waals surface area contributed by atoms with Crippen molar-refractivity contribution >= 4 is 5.96 Å². The lowest BCUT2D eigenvalue weighted by Crippen LogP contribution is -2.39. The predicted octanol–water partition coefficient (Wildman–Crippen LogP) is 0.292. The maximum atomic E-state index is 4.58. The molecule has 0 radical (unpaired) electrons. The highest BCUT2D eigenvalue weighted by Crippen LogP contribution is 1.95. The van der Waals surface area contributed by atoms with Gasteiger partial charge in [-0.05, 0) is 6.92 Å². The Morgan fingerprint density at radius 3 is 2.86 bits per heavy atom. The van der Waals surface area contributed by atoms with Gasteiger partial charge in [0, 0.05) is 45.0 Å². The van der Waals surface area contributed by atoms with Crippen LogP contribution in [0.5, 0.6) is 0 Å². The minimum absolute atomic E-state index is 0.686. The molecule has 120 valence electrons. The van der Waals surface area contributed by atoms with Crippen LogP contribution in [0.2, 0.25) is 0 Å². The lowest BCUT2D eigenvalue weighted by atomic mass is 10.4. The Kier molecular flexibility index (Phi) is 6.40. The molecule has 0 fully saturated rings. The van der Waals surface area contributed by atoms with Crippen molar-refractivity contribution in [3.05, 3.63) is 30.9 Å². The number of hydrogen-bond acceptors (Lipinski definition) is 4. The Balaban J connectivity index is 1.79. The Labute approximate surface area is 130 Å². The molecule has 0 amide bonds. The van der Waals surface area contributed by atoms with E-state index in [1.54, 1.807) is 12.5 Å². The molecule has 2 aromatic heterocycles. The molecule has 2 rings (SSSR count). The van der Waals surface area contributed by atoms with Crippen LogP contribution in [-0.4, -0.2) is 49.9 Å². The van der Waals surface area contributed by atoms with Crippen LogP contribution < -0.4 is 10.6 Å². The molecule has 2 N–H and O–H groups in total. The topological polar surface area (TPSA) is 85.0 Å². The third kappa shape index (κ3) is 4.87. The Morgan fingerprint density at radius 1 is 1.23 bits per heavy atom. The van der Waals surface area contributed by atoms with E-state index in [4.69, 9.17) is 0 Å². The van der Waals surface area contributed by atoms with Gasteiger partial charge in [-0.3, -0.25) is 4.99 Å². The first-order chi connectivity index (χ1) is 10.8. The molecular weight excluding hydrogens is 280 g/mol. The molecule has 0 aliphatic heterocycles. The standard InChI is InChI=1S/C14H24N8/c1-3-13-20-19-12-22(13)10-7-18-14(16-4-2)17-6-9-21-8-5-15-11-21/h5,8,11-12H,3-4,6-7,9-10H2,1-2H3,(H2,16,17,18). The van der Waals surface area contributed by atoms with Crippen molar-refractivity contribution in [2.75, 3.05) is 19.6 Å². The summed E-state index contributed by atoms with van der Waals surface area (Å²) < 4.78 is 4.07. The number of imidazole rings is 1. The van der Waals surface area contributed by atoms with Crippen LogP contribution in [0.4, 0.5) is 0 Å². The average Bonchev–Trinajstić information content (AvgIpc) is 3.18. The smallest absolute Gasteiger partial charge is 0.191 e. The van der Waals surface area contributed by atoms with Crippen molar-refractivity contribution in [1.29, 1.82) is 0 Å². The van der Waals surface area contributed by atoms with Crippen molar-refractivity contribution in [2.45, 2.75) is 33.4 Å². The molecule has 0 aromatic carbocycles. The van der Waals surface area contributed by atoms with E-state index in [1.165, 1.54) is 0 Å². The second kappa shape index (κ2) is 8.81. The maximum absolute atomic E-state index is 4.58. The van der Waals surface area contributed by atoms with E-state index in [9.17, 15) is 0 Å². The van der Waals surface area contributed by atoms with Gasteiger partial charge in [-0.25, -0.2) is 4.98 Å². The largest absolute Gasteiger partial charge is 0.357 e. The fraction of sp³-hybridized carbons (Fsp3) is 0.571. The van der Waals surface area contributed by atoms with Crippen molar-refractivity contribution < 1.29 is 0 Å². The second-order valence-corrected chi connectivity index (χ2v) is 4.78. The monoisotopic (exact) mass is 304 g/mol. The third-order valence-electron chi connectivity index (χ3n) is 3.19. The minimum Gasteiger partial charge on any atom is -0.357 e. The lowest BCUT2D eigenvalue weighted by Gasteiger charge is -2.11. The summed E-state index contributed by atoms with van der Waals surface area (Å²) in [6.07, 6.45) is 8.18. The summed E-state index contributed by atoms with van der Waals surface area (Å²) in [7, 11) is 0. The van der Waals surface area contributed by atoms with Gasteiger partial charge in [0.1, 0.15) is 12.2 Å². The molecule has 0 atom stereocenters. The number of rotatable bonds is 8. The summed E-state index contributed by atoms with van der Waals surface area (Å²) in [5.41, 5.74) is 0. The molecule has 8 nitrogen and oxygen atoms in total. The number of aliphatic imine (C=N–C) groups is 1. The highest BCUT2D eigenvalue weighted by Gasteiger charge is 2.01. The second-order valence-electron chi connectivity index (χ2n) is 4.78. The van der Waals surface area contributed by atoms with Crippen LogP contribution in [0.25, 0.3) is 0 Å². The molecule has 0 bridgehead atoms. The summed E-state index contributed by atoms with van der Waals surface area (Å²) in [6, 6.07) is 0. The molecule has 0 saturated carbocycles. The van der Waals surface area contributed by atoms with Gasteiger partial charge in [0.15, 0.2) is 5.96 Å². The van der Waals surface area contributed by atoms with Gasteiger partial charge in [0.25, 0.3) is 0 Å². The van der Waals surface area contributed by atoms with Gasteiger partial charge in [-0.1, -0.05) is 6.92 Å². The molecule has 0 aliphatic rings. The van der Waals surface area contributed by atoms with Gasteiger partial charge in [0.05, 0.1) is 12.9 Å². The zero-order chi connectivity index (χ0) is 15.6.